The Balaban J connectivity index is 2.70. The maximum Gasteiger partial charge on any atom is 0.263 e. The van der Waals surface area contributed by atoms with Crippen LogP contribution in [0.2, 0.25) is 10.0 Å². The van der Waals surface area contributed by atoms with Crippen molar-refractivity contribution in [2.24, 2.45) is 0 Å². The Hall–Kier alpha value is -1.41. The van der Waals surface area contributed by atoms with Crippen LogP contribution in [0.25, 0.3) is 0 Å². The first-order chi connectivity index (χ1) is 9.56. The zero-order chi connectivity index (χ0) is 15.0. The normalized spacial score (nSPS) is 10.8. The van der Waals surface area contributed by atoms with Crippen molar-refractivity contribution in [1.29, 1.82) is 5.26 Å². The van der Waals surface area contributed by atoms with Gasteiger partial charge in [-0.15, -0.1) is 11.6 Å². The molecule has 0 heterocycles. The van der Waals surface area contributed by atoms with Crippen LogP contribution in [0.3, 0.4) is 0 Å². The number of alkyl halides is 1. The minimum atomic E-state index is -0.460. The van der Waals surface area contributed by atoms with Gasteiger partial charge in [0.1, 0.15) is 11.6 Å². The molecule has 7 heteroatoms. The van der Waals surface area contributed by atoms with E-state index in [0.717, 1.165) is 0 Å². The van der Waals surface area contributed by atoms with Gasteiger partial charge in [0, 0.05) is 34.4 Å². The molecular formula is C13H12Cl3N3O. The lowest BCUT2D eigenvalue weighted by molar-refractivity contribution is -0.117. The molecular weight excluding hydrogens is 321 g/mol. The average molecular weight is 333 g/mol. The van der Waals surface area contributed by atoms with Crippen molar-refractivity contribution in [1.82, 2.24) is 5.32 Å². The van der Waals surface area contributed by atoms with E-state index in [1.807, 2.05) is 6.07 Å². The van der Waals surface area contributed by atoms with E-state index in [-0.39, 0.29) is 5.57 Å². The molecule has 0 bridgehead atoms. The summed E-state index contributed by atoms with van der Waals surface area (Å²) in [4.78, 5) is 11.7. The van der Waals surface area contributed by atoms with E-state index in [9.17, 15) is 4.79 Å². The summed E-state index contributed by atoms with van der Waals surface area (Å²) < 4.78 is 0. The first-order valence-electron chi connectivity index (χ1n) is 5.74. The fraction of sp³-hybridized carbons (Fsp3) is 0.231. The van der Waals surface area contributed by atoms with E-state index >= 15 is 0 Å². The van der Waals surface area contributed by atoms with E-state index in [0.29, 0.717) is 34.6 Å². The van der Waals surface area contributed by atoms with Gasteiger partial charge in [0.15, 0.2) is 0 Å². The molecule has 1 aromatic rings. The van der Waals surface area contributed by atoms with E-state index in [2.05, 4.69) is 10.6 Å². The molecule has 106 valence electrons. The number of rotatable bonds is 6. The number of halogens is 3. The minimum Gasteiger partial charge on any atom is -0.360 e. The predicted octanol–water partition coefficient (Wildman–Crippen LogP) is 3.56. The summed E-state index contributed by atoms with van der Waals surface area (Å²) in [5, 5.41) is 15.3. The number of nitrogens with one attached hydrogen (secondary N) is 2. The predicted molar refractivity (Wildman–Crippen MR) is 82.1 cm³/mol. The van der Waals surface area contributed by atoms with Gasteiger partial charge in [-0.2, -0.15) is 5.26 Å². The van der Waals surface area contributed by atoms with Gasteiger partial charge >= 0.3 is 0 Å². The molecule has 1 aromatic carbocycles. The van der Waals surface area contributed by atoms with Crippen LogP contribution >= 0.6 is 34.8 Å². The second-order valence-corrected chi connectivity index (χ2v) is 5.02. The molecule has 1 amide bonds. The average Bonchev–Trinajstić information content (AvgIpc) is 2.38. The fourth-order valence-electron chi connectivity index (χ4n) is 1.31. The topological polar surface area (TPSA) is 64.9 Å². The van der Waals surface area contributed by atoms with Crippen molar-refractivity contribution in [3.63, 3.8) is 0 Å². The molecule has 1 rings (SSSR count). The molecule has 0 radical (unpaired) electrons. The number of hydrogen-bond donors (Lipinski definition) is 2. The smallest absolute Gasteiger partial charge is 0.263 e. The third kappa shape index (κ3) is 5.70. The quantitative estimate of drug-likeness (QED) is 0.362. The van der Waals surface area contributed by atoms with Crippen molar-refractivity contribution in [3.8, 4) is 6.07 Å². The van der Waals surface area contributed by atoms with Gasteiger partial charge in [-0.3, -0.25) is 4.79 Å². The van der Waals surface area contributed by atoms with Gasteiger partial charge in [-0.25, -0.2) is 0 Å². The van der Waals surface area contributed by atoms with E-state index in [4.69, 9.17) is 40.1 Å². The molecule has 20 heavy (non-hydrogen) atoms. The molecule has 2 N–H and O–H groups in total. The molecule has 0 aliphatic heterocycles. The SMILES string of the molecule is N#C/C(=C/Nc1cc(Cl)cc(Cl)c1)C(=O)NCCCCl. The van der Waals surface area contributed by atoms with Crippen molar-refractivity contribution >= 4 is 46.4 Å². The van der Waals surface area contributed by atoms with Crippen LogP contribution in [0.5, 0.6) is 0 Å². The second kappa shape index (κ2) is 8.70. The molecule has 0 aliphatic rings. The summed E-state index contributed by atoms with van der Waals surface area (Å²) in [5.41, 5.74) is 0.541. The van der Waals surface area contributed by atoms with Crippen LogP contribution in [0.1, 0.15) is 6.42 Å². The Morgan fingerprint density at radius 1 is 1.30 bits per heavy atom. The van der Waals surface area contributed by atoms with E-state index in [1.165, 1.54) is 6.20 Å². The first kappa shape index (κ1) is 16.6. The van der Waals surface area contributed by atoms with Crippen LogP contribution in [0, 0.1) is 11.3 Å². The molecule has 0 atom stereocenters. The lowest BCUT2D eigenvalue weighted by Gasteiger charge is -2.05. The third-order valence-corrected chi connectivity index (χ3v) is 2.91. The van der Waals surface area contributed by atoms with E-state index < -0.39 is 5.91 Å². The first-order valence-corrected chi connectivity index (χ1v) is 7.03. The number of anilines is 1. The Bertz CT molecular complexity index is 532. The standard InChI is InChI=1S/C13H12Cl3N3O/c14-2-1-3-18-13(20)9(7-17)8-19-12-5-10(15)4-11(16)6-12/h4-6,8,19H,1-3H2,(H,18,20)/b9-8-. The highest BCUT2D eigenvalue weighted by atomic mass is 35.5. The van der Waals surface area contributed by atoms with Crippen molar-refractivity contribution in [2.75, 3.05) is 17.7 Å². The molecule has 0 spiro atoms. The minimum absolute atomic E-state index is 0.0457. The lowest BCUT2D eigenvalue weighted by Crippen LogP contribution is -2.26. The number of benzene rings is 1. The van der Waals surface area contributed by atoms with Crippen molar-refractivity contribution < 1.29 is 4.79 Å². The number of carbonyl (C=O) groups is 1. The third-order valence-electron chi connectivity index (χ3n) is 2.21. The van der Waals surface area contributed by atoms with Gasteiger partial charge in [0.2, 0.25) is 0 Å². The Labute approximate surface area is 132 Å². The van der Waals surface area contributed by atoms with Gasteiger partial charge in [0.25, 0.3) is 5.91 Å². The highest BCUT2D eigenvalue weighted by molar-refractivity contribution is 6.35. The van der Waals surface area contributed by atoms with Crippen LogP contribution in [0.15, 0.2) is 30.0 Å². The van der Waals surface area contributed by atoms with Gasteiger partial charge < -0.3 is 10.6 Å². The Kier molecular flexibility index (Phi) is 7.24. The molecule has 0 aromatic heterocycles. The molecule has 0 saturated heterocycles. The number of hydrogen-bond acceptors (Lipinski definition) is 3. The van der Waals surface area contributed by atoms with Gasteiger partial charge in [0.05, 0.1) is 0 Å². The largest absolute Gasteiger partial charge is 0.360 e. The highest BCUT2D eigenvalue weighted by Crippen LogP contribution is 2.22. The highest BCUT2D eigenvalue weighted by Gasteiger charge is 2.07. The second-order valence-electron chi connectivity index (χ2n) is 3.77. The van der Waals surface area contributed by atoms with Gasteiger partial charge in [-0.05, 0) is 24.6 Å². The Morgan fingerprint density at radius 3 is 2.50 bits per heavy atom. The summed E-state index contributed by atoms with van der Waals surface area (Å²) in [6.07, 6.45) is 1.95. The molecule has 4 nitrogen and oxygen atoms in total. The zero-order valence-electron chi connectivity index (χ0n) is 10.4. The van der Waals surface area contributed by atoms with Crippen LogP contribution < -0.4 is 10.6 Å². The summed E-state index contributed by atoms with van der Waals surface area (Å²) >= 11 is 17.2. The Morgan fingerprint density at radius 2 is 1.95 bits per heavy atom. The number of nitriles is 1. The lowest BCUT2D eigenvalue weighted by atomic mass is 10.2. The zero-order valence-corrected chi connectivity index (χ0v) is 12.7. The summed E-state index contributed by atoms with van der Waals surface area (Å²) in [6, 6.07) is 6.66. The maximum absolute atomic E-state index is 11.7. The van der Waals surface area contributed by atoms with E-state index in [1.54, 1.807) is 18.2 Å². The molecule has 0 aliphatic carbocycles. The molecule has 0 saturated carbocycles. The number of amides is 1. The van der Waals surface area contributed by atoms with Gasteiger partial charge in [-0.1, -0.05) is 23.2 Å². The fourth-order valence-corrected chi connectivity index (χ4v) is 1.96. The summed E-state index contributed by atoms with van der Waals surface area (Å²) in [5.74, 6) is -0.0104. The summed E-state index contributed by atoms with van der Waals surface area (Å²) in [7, 11) is 0. The van der Waals surface area contributed by atoms with Crippen LogP contribution in [-0.2, 0) is 4.79 Å². The van der Waals surface area contributed by atoms with Crippen molar-refractivity contribution in [3.05, 3.63) is 40.0 Å². The number of nitrogens with zero attached hydrogens (tertiary/aromatic N) is 1. The molecule has 0 unspecified atom stereocenters. The number of carbonyl (C=O) groups excluding carboxylic acids is 1. The maximum atomic E-state index is 11.7. The monoisotopic (exact) mass is 331 g/mol. The molecule has 0 fully saturated rings. The summed E-state index contributed by atoms with van der Waals surface area (Å²) in [6.45, 7) is 0.421. The van der Waals surface area contributed by atoms with Crippen LogP contribution in [-0.4, -0.2) is 18.3 Å². The van der Waals surface area contributed by atoms with Crippen LogP contribution in [0.4, 0.5) is 5.69 Å². The van der Waals surface area contributed by atoms with Crippen molar-refractivity contribution in [2.45, 2.75) is 6.42 Å².